The molecule has 6 heteroatoms. The maximum absolute atomic E-state index is 13.1. The molecule has 1 aliphatic rings. The average molecular weight is 340 g/mol. The molecule has 0 fully saturated rings. The third-order valence-corrected chi connectivity index (χ3v) is 4.56. The summed E-state index contributed by atoms with van der Waals surface area (Å²) in [5.41, 5.74) is 1.02. The molecule has 132 valence electrons. The molecule has 1 aromatic carbocycles. The summed E-state index contributed by atoms with van der Waals surface area (Å²) in [7, 11) is 0. The summed E-state index contributed by atoms with van der Waals surface area (Å²) in [6, 6.07) is 9.10. The molecular weight excluding hydrogens is 316 g/mol. The number of anilines is 1. The van der Waals surface area contributed by atoms with Crippen LogP contribution in [-0.4, -0.2) is 34.2 Å². The second-order valence-corrected chi connectivity index (χ2v) is 6.58. The third kappa shape index (κ3) is 3.29. The first-order chi connectivity index (χ1) is 12.0. The van der Waals surface area contributed by atoms with Crippen molar-refractivity contribution in [2.24, 2.45) is 0 Å². The van der Waals surface area contributed by atoms with E-state index >= 15 is 0 Å². The molecule has 0 saturated heterocycles. The molecule has 6 nitrogen and oxygen atoms in total. The number of benzene rings is 1. The highest BCUT2D eigenvalue weighted by atomic mass is 16.2. The Hall–Kier alpha value is -2.63. The molecule has 0 unspecified atom stereocenters. The second-order valence-electron chi connectivity index (χ2n) is 6.58. The Kier molecular flexibility index (Phi) is 4.88. The van der Waals surface area contributed by atoms with Crippen LogP contribution in [0, 0.1) is 0 Å². The molecular formula is C19H24N4O2. The molecule has 25 heavy (non-hydrogen) atoms. The normalized spacial score (nSPS) is 19.4. The molecule has 1 aromatic heterocycles. The van der Waals surface area contributed by atoms with Crippen molar-refractivity contribution < 1.29 is 9.59 Å². The summed E-state index contributed by atoms with van der Waals surface area (Å²) in [4.78, 5) is 27.1. The Morgan fingerprint density at radius 1 is 1.20 bits per heavy atom. The van der Waals surface area contributed by atoms with E-state index < -0.39 is 0 Å². The summed E-state index contributed by atoms with van der Waals surface area (Å²) in [6.45, 7) is 6.77. The molecule has 2 heterocycles. The number of carbonyl (C=O) groups excluding carboxylic acids is 2. The van der Waals surface area contributed by atoms with Gasteiger partial charge in [0, 0.05) is 29.8 Å². The van der Waals surface area contributed by atoms with Crippen molar-refractivity contribution in [1.82, 2.24) is 15.1 Å². The van der Waals surface area contributed by atoms with Crippen LogP contribution in [0.15, 0.2) is 36.5 Å². The number of nitrogens with one attached hydrogen (secondary N) is 1. The highest BCUT2D eigenvalue weighted by molar-refractivity contribution is 6.07. The number of amides is 2. The molecule has 1 N–H and O–H groups in total. The van der Waals surface area contributed by atoms with Crippen LogP contribution in [-0.2, 0) is 0 Å². The van der Waals surface area contributed by atoms with Crippen molar-refractivity contribution >= 4 is 17.6 Å². The van der Waals surface area contributed by atoms with E-state index in [0.717, 1.165) is 18.7 Å². The van der Waals surface area contributed by atoms with Gasteiger partial charge in [-0.3, -0.25) is 14.5 Å². The van der Waals surface area contributed by atoms with Crippen molar-refractivity contribution in [3.05, 3.63) is 47.7 Å². The first-order valence-electron chi connectivity index (χ1n) is 8.78. The molecule has 2 atom stereocenters. The van der Waals surface area contributed by atoms with Crippen molar-refractivity contribution in [3.8, 4) is 0 Å². The van der Waals surface area contributed by atoms with Crippen LogP contribution < -0.4 is 10.2 Å². The van der Waals surface area contributed by atoms with E-state index in [4.69, 9.17) is 0 Å². The predicted octanol–water partition coefficient (Wildman–Crippen LogP) is 3.02. The number of nitrogens with zero attached hydrogens (tertiary/aromatic N) is 3. The third-order valence-electron chi connectivity index (χ3n) is 4.56. The lowest BCUT2D eigenvalue weighted by Gasteiger charge is -2.37. The maximum Gasteiger partial charge on any atom is 0.259 e. The van der Waals surface area contributed by atoms with Gasteiger partial charge >= 0.3 is 0 Å². The lowest BCUT2D eigenvalue weighted by atomic mass is 10.0. The molecule has 1 aliphatic heterocycles. The Bertz CT molecular complexity index is 783. The monoisotopic (exact) mass is 340 g/mol. The zero-order chi connectivity index (χ0) is 18.0. The topological polar surface area (TPSA) is 67.2 Å². The van der Waals surface area contributed by atoms with E-state index in [-0.39, 0.29) is 23.9 Å². The Labute approximate surface area is 147 Å². The summed E-state index contributed by atoms with van der Waals surface area (Å²) < 4.78 is 1.88. The number of aromatic nitrogens is 2. The minimum Gasteiger partial charge on any atom is -0.352 e. The fraction of sp³-hybridized carbons (Fsp3) is 0.421. The minimum absolute atomic E-state index is 0.0734. The quantitative estimate of drug-likeness (QED) is 0.930. The van der Waals surface area contributed by atoms with Crippen molar-refractivity contribution in [1.29, 1.82) is 0 Å². The fourth-order valence-electron chi connectivity index (χ4n) is 3.34. The van der Waals surface area contributed by atoms with Crippen LogP contribution in [0.5, 0.6) is 0 Å². The Morgan fingerprint density at radius 2 is 1.96 bits per heavy atom. The number of hydrogen-bond acceptors (Lipinski definition) is 3. The van der Waals surface area contributed by atoms with Gasteiger partial charge in [-0.1, -0.05) is 13.0 Å². The number of fused-ring (bicyclic) bond motifs is 1. The van der Waals surface area contributed by atoms with Crippen molar-refractivity contribution in [2.45, 2.75) is 45.7 Å². The van der Waals surface area contributed by atoms with Gasteiger partial charge < -0.3 is 5.32 Å². The fourth-order valence-corrected chi connectivity index (χ4v) is 3.34. The molecule has 0 spiro atoms. The van der Waals surface area contributed by atoms with Gasteiger partial charge in [0.2, 0.25) is 0 Å². The van der Waals surface area contributed by atoms with E-state index in [1.165, 1.54) is 0 Å². The van der Waals surface area contributed by atoms with Gasteiger partial charge in [0.1, 0.15) is 5.82 Å². The van der Waals surface area contributed by atoms with Crippen molar-refractivity contribution in [2.75, 3.05) is 11.4 Å². The Morgan fingerprint density at radius 3 is 2.72 bits per heavy atom. The van der Waals surface area contributed by atoms with E-state index in [0.29, 0.717) is 17.7 Å². The molecule has 0 aliphatic carbocycles. The molecule has 0 radical (unpaired) electrons. The van der Waals surface area contributed by atoms with Crippen molar-refractivity contribution in [3.63, 3.8) is 0 Å². The van der Waals surface area contributed by atoms with Gasteiger partial charge in [0.25, 0.3) is 11.8 Å². The van der Waals surface area contributed by atoms with Gasteiger partial charge in [-0.25, -0.2) is 4.68 Å². The molecule has 0 saturated carbocycles. The van der Waals surface area contributed by atoms with E-state index in [1.807, 2.05) is 24.6 Å². The lowest BCUT2D eigenvalue weighted by Crippen LogP contribution is -2.45. The summed E-state index contributed by atoms with van der Waals surface area (Å²) in [5.74, 6) is 0.547. The van der Waals surface area contributed by atoms with Crippen LogP contribution in [0.2, 0.25) is 0 Å². The largest absolute Gasteiger partial charge is 0.352 e. The van der Waals surface area contributed by atoms with E-state index in [1.54, 1.807) is 35.4 Å². The molecule has 3 rings (SSSR count). The smallest absolute Gasteiger partial charge is 0.259 e. The lowest BCUT2D eigenvalue weighted by molar-refractivity contribution is 0.0953. The van der Waals surface area contributed by atoms with Gasteiger partial charge in [-0.2, -0.15) is 5.10 Å². The zero-order valence-corrected chi connectivity index (χ0v) is 14.9. The molecule has 2 aromatic rings. The number of rotatable bonds is 4. The van der Waals surface area contributed by atoms with Crippen LogP contribution in [0.25, 0.3) is 0 Å². The van der Waals surface area contributed by atoms with Crippen LogP contribution in [0.4, 0.5) is 5.82 Å². The number of carbonyl (C=O) groups is 2. The maximum atomic E-state index is 13.1. The van der Waals surface area contributed by atoms with Gasteiger partial charge in [-0.05, 0) is 44.9 Å². The van der Waals surface area contributed by atoms with Gasteiger partial charge in [0.15, 0.2) is 0 Å². The van der Waals surface area contributed by atoms with Crippen LogP contribution in [0.1, 0.15) is 60.4 Å². The van der Waals surface area contributed by atoms with Crippen LogP contribution >= 0.6 is 0 Å². The zero-order valence-electron chi connectivity index (χ0n) is 14.9. The highest BCUT2D eigenvalue weighted by Crippen LogP contribution is 2.32. The van der Waals surface area contributed by atoms with E-state index in [2.05, 4.69) is 17.3 Å². The Balaban J connectivity index is 1.89. The first-order valence-corrected chi connectivity index (χ1v) is 8.78. The second kappa shape index (κ2) is 7.09. The first kappa shape index (κ1) is 17.2. The SMILES string of the molecule is CCCNC(=O)c1cccc(C(=O)N2c3ccnn3[C@H](C)C[C@@H]2C)c1. The molecule has 0 bridgehead atoms. The summed E-state index contributed by atoms with van der Waals surface area (Å²) in [5, 5.41) is 7.18. The highest BCUT2D eigenvalue weighted by Gasteiger charge is 2.33. The summed E-state index contributed by atoms with van der Waals surface area (Å²) >= 11 is 0. The predicted molar refractivity (Wildman–Crippen MR) is 96.9 cm³/mol. The minimum atomic E-state index is -0.151. The van der Waals surface area contributed by atoms with Gasteiger partial charge in [0.05, 0.1) is 12.2 Å². The average Bonchev–Trinajstić information content (AvgIpc) is 3.09. The standard InChI is InChI=1S/C19H24N4O2/c1-4-9-20-18(24)15-6-5-7-16(12-15)19(25)22-13(2)11-14(3)23-17(22)8-10-21-23/h5-8,10,12-14H,4,9,11H2,1-3H3,(H,20,24)/t13-,14+/m0/s1. The summed E-state index contributed by atoms with van der Waals surface area (Å²) in [6.07, 6.45) is 3.44. The molecule has 2 amide bonds. The van der Waals surface area contributed by atoms with Crippen LogP contribution in [0.3, 0.4) is 0 Å². The van der Waals surface area contributed by atoms with Gasteiger partial charge in [-0.15, -0.1) is 0 Å². The van der Waals surface area contributed by atoms with E-state index in [9.17, 15) is 9.59 Å². The number of hydrogen-bond donors (Lipinski definition) is 1.